The molecular weight excluding hydrogens is 306 g/mol. The number of hydrogen-bond donors (Lipinski definition) is 1. The number of carbonyl (C=O) groups excluding carboxylic acids is 1. The average Bonchev–Trinajstić information content (AvgIpc) is 2.85. The molecule has 1 heterocycles. The van der Waals surface area contributed by atoms with Gasteiger partial charge in [0.25, 0.3) is 5.69 Å². The number of rotatable bonds is 4. The van der Waals surface area contributed by atoms with Crippen molar-refractivity contribution in [2.75, 3.05) is 16.8 Å². The third-order valence-corrected chi connectivity index (χ3v) is 4.35. The predicted molar refractivity (Wildman–Crippen MR) is 93.4 cm³/mol. The summed E-state index contributed by atoms with van der Waals surface area (Å²) < 4.78 is 0. The number of nitrogens with zero attached hydrogens (tertiary/aromatic N) is 2. The maximum atomic E-state index is 12.4. The number of nitro benzene ring substituents is 1. The lowest BCUT2D eigenvalue weighted by molar-refractivity contribution is -0.385. The first-order valence-electron chi connectivity index (χ1n) is 7.85. The van der Waals surface area contributed by atoms with Crippen molar-refractivity contribution in [1.29, 1.82) is 0 Å². The number of para-hydroxylation sites is 1. The lowest BCUT2D eigenvalue weighted by Crippen LogP contribution is -2.37. The van der Waals surface area contributed by atoms with E-state index in [-0.39, 0.29) is 24.2 Å². The zero-order valence-electron chi connectivity index (χ0n) is 13.7. The van der Waals surface area contributed by atoms with E-state index in [9.17, 15) is 14.9 Å². The SMILES string of the molecule is Cc1ccc(NC(=O)CN2c3ccccc3CC2C)cc1[N+](=O)[O-]. The summed E-state index contributed by atoms with van der Waals surface area (Å²) in [6.07, 6.45) is 0.916. The van der Waals surface area contributed by atoms with Gasteiger partial charge in [-0.15, -0.1) is 0 Å². The normalized spacial score (nSPS) is 15.9. The molecule has 2 aromatic rings. The number of fused-ring (bicyclic) bond motifs is 1. The lowest BCUT2D eigenvalue weighted by Gasteiger charge is -2.24. The molecule has 0 saturated carbocycles. The second-order valence-corrected chi connectivity index (χ2v) is 6.12. The molecule has 0 aliphatic carbocycles. The van der Waals surface area contributed by atoms with Crippen LogP contribution in [0.3, 0.4) is 0 Å². The summed E-state index contributed by atoms with van der Waals surface area (Å²) in [7, 11) is 0. The van der Waals surface area contributed by atoms with E-state index in [4.69, 9.17) is 0 Å². The largest absolute Gasteiger partial charge is 0.359 e. The van der Waals surface area contributed by atoms with E-state index >= 15 is 0 Å². The van der Waals surface area contributed by atoms with Crippen molar-refractivity contribution in [1.82, 2.24) is 0 Å². The Labute approximate surface area is 140 Å². The van der Waals surface area contributed by atoms with Gasteiger partial charge in [-0.05, 0) is 38.0 Å². The van der Waals surface area contributed by atoms with Gasteiger partial charge in [-0.3, -0.25) is 14.9 Å². The lowest BCUT2D eigenvalue weighted by atomic mass is 10.1. The van der Waals surface area contributed by atoms with Crippen LogP contribution in [0.25, 0.3) is 0 Å². The van der Waals surface area contributed by atoms with Crippen molar-refractivity contribution in [3.05, 3.63) is 63.7 Å². The monoisotopic (exact) mass is 325 g/mol. The third-order valence-electron chi connectivity index (χ3n) is 4.35. The van der Waals surface area contributed by atoms with Crippen LogP contribution < -0.4 is 10.2 Å². The molecule has 6 nitrogen and oxygen atoms in total. The van der Waals surface area contributed by atoms with Crippen LogP contribution >= 0.6 is 0 Å². The van der Waals surface area contributed by atoms with Gasteiger partial charge in [0.15, 0.2) is 0 Å². The topological polar surface area (TPSA) is 75.5 Å². The molecule has 1 aliphatic heterocycles. The number of hydrogen-bond acceptors (Lipinski definition) is 4. The van der Waals surface area contributed by atoms with Gasteiger partial charge in [-0.1, -0.05) is 24.3 Å². The molecule has 1 atom stereocenters. The summed E-state index contributed by atoms with van der Waals surface area (Å²) in [4.78, 5) is 25.0. The number of anilines is 2. The summed E-state index contributed by atoms with van der Waals surface area (Å²) >= 11 is 0. The highest BCUT2D eigenvalue weighted by atomic mass is 16.6. The molecule has 124 valence electrons. The highest BCUT2D eigenvalue weighted by Gasteiger charge is 2.27. The van der Waals surface area contributed by atoms with E-state index in [1.54, 1.807) is 19.1 Å². The molecule has 3 rings (SSSR count). The molecule has 0 spiro atoms. The molecule has 1 N–H and O–H groups in total. The molecule has 0 aromatic heterocycles. The van der Waals surface area contributed by atoms with Gasteiger partial charge < -0.3 is 10.2 Å². The van der Waals surface area contributed by atoms with Crippen molar-refractivity contribution in [2.24, 2.45) is 0 Å². The molecule has 0 fully saturated rings. The molecular formula is C18H19N3O3. The van der Waals surface area contributed by atoms with Gasteiger partial charge >= 0.3 is 0 Å². The minimum atomic E-state index is -0.441. The van der Waals surface area contributed by atoms with Crippen molar-refractivity contribution in [2.45, 2.75) is 26.3 Å². The Morgan fingerprint density at radius 1 is 1.33 bits per heavy atom. The van der Waals surface area contributed by atoms with Crippen LogP contribution in [0.15, 0.2) is 42.5 Å². The zero-order valence-corrected chi connectivity index (χ0v) is 13.7. The molecule has 0 saturated heterocycles. The first kappa shape index (κ1) is 16.0. The Hall–Kier alpha value is -2.89. The van der Waals surface area contributed by atoms with Crippen LogP contribution in [0.5, 0.6) is 0 Å². The number of nitro groups is 1. The van der Waals surface area contributed by atoms with E-state index in [0.29, 0.717) is 11.3 Å². The van der Waals surface area contributed by atoms with Gasteiger partial charge in [0.05, 0.1) is 11.5 Å². The van der Waals surface area contributed by atoms with E-state index in [0.717, 1.165) is 12.1 Å². The van der Waals surface area contributed by atoms with Crippen molar-refractivity contribution in [3.8, 4) is 0 Å². The molecule has 1 unspecified atom stereocenters. The smallest absolute Gasteiger partial charge is 0.274 e. The first-order valence-corrected chi connectivity index (χ1v) is 7.85. The fraction of sp³-hybridized carbons (Fsp3) is 0.278. The molecule has 6 heteroatoms. The third kappa shape index (κ3) is 3.08. The maximum Gasteiger partial charge on any atom is 0.274 e. The van der Waals surface area contributed by atoms with Crippen LogP contribution in [0.1, 0.15) is 18.1 Å². The van der Waals surface area contributed by atoms with E-state index < -0.39 is 4.92 Å². The van der Waals surface area contributed by atoms with Crippen LogP contribution in [0, 0.1) is 17.0 Å². The Bertz CT molecular complexity index is 804. The fourth-order valence-corrected chi connectivity index (χ4v) is 3.11. The maximum absolute atomic E-state index is 12.4. The molecule has 1 amide bonds. The van der Waals surface area contributed by atoms with Gasteiger partial charge in [0.1, 0.15) is 0 Å². The predicted octanol–water partition coefficient (Wildman–Crippen LogP) is 3.29. The summed E-state index contributed by atoms with van der Waals surface area (Å²) in [5, 5.41) is 13.8. The van der Waals surface area contributed by atoms with E-state index in [2.05, 4.69) is 23.2 Å². The summed E-state index contributed by atoms with van der Waals surface area (Å²) in [5.74, 6) is -0.184. The molecule has 0 radical (unpaired) electrons. The van der Waals surface area contributed by atoms with Crippen LogP contribution in [-0.2, 0) is 11.2 Å². The van der Waals surface area contributed by atoms with Crippen molar-refractivity contribution >= 4 is 23.0 Å². The number of amides is 1. The first-order chi connectivity index (χ1) is 11.5. The Balaban J connectivity index is 1.73. The number of carbonyl (C=O) groups is 1. The van der Waals surface area contributed by atoms with Gasteiger partial charge in [0, 0.05) is 29.0 Å². The summed E-state index contributed by atoms with van der Waals surface area (Å²) in [6, 6.07) is 13.0. The Kier molecular flexibility index (Phi) is 4.20. The minimum absolute atomic E-state index is 0.00712. The van der Waals surface area contributed by atoms with Crippen molar-refractivity contribution < 1.29 is 9.72 Å². The number of aryl methyl sites for hydroxylation is 1. The summed E-state index contributed by atoms with van der Waals surface area (Å²) in [5.41, 5.74) is 3.34. The second-order valence-electron chi connectivity index (χ2n) is 6.12. The highest BCUT2D eigenvalue weighted by Crippen LogP contribution is 2.31. The van der Waals surface area contributed by atoms with Crippen LogP contribution in [0.2, 0.25) is 0 Å². The fourth-order valence-electron chi connectivity index (χ4n) is 3.11. The molecule has 24 heavy (non-hydrogen) atoms. The quantitative estimate of drug-likeness (QED) is 0.691. The average molecular weight is 325 g/mol. The standard InChI is InChI=1S/C18H19N3O3/c1-12-7-8-15(10-17(12)21(23)24)19-18(22)11-20-13(2)9-14-5-3-4-6-16(14)20/h3-8,10,13H,9,11H2,1-2H3,(H,19,22). The molecule has 2 aromatic carbocycles. The van der Waals surface area contributed by atoms with Crippen LogP contribution in [0.4, 0.5) is 17.1 Å². The Morgan fingerprint density at radius 3 is 2.83 bits per heavy atom. The Morgan fingerprint density at radius 2 is 2.08 bits per heavy atom. The zero-order chi connectivity index (χ0) is 17.3. The van der Waals surface area contributed by atoms with Gasteiger partial charge in [0.2, 0.25) is 5.91 Å². The number of nitrogens with one attached hydrogen (secondary N) is 1. The summed E-state index contributed by atoms with van der Waals surface area (Å²) in [6.45, 7) is 3.98. The molecule has 1 aliphatic rings. The number of benzene rings is 2. The van der Waals surface area contributed by atoms with Gasteiger partial charge in [-0.2, -0.15) is 0 Å². The molecule has 0 bridgehead atoms. The minimum Gasteiger partial charge on any atom is -0.359 e. The van der Waals surface area contributed by atoms with Gasteiger partial charge in [-0.25, -0.2) is 0 Å². The second kappa shape index (κ2) is 6.31. The van der Waals surface area contributed by atoms with Crippen molar-refractivity contribution in [3.63, 3.8) is 0 Å². The van der Waals surface area contributed by atoms with E-state index in [1.807, 2.05) is 18.2 Å². The van der Waals surface area contributed by atoms with Crippen LogP contribution in [-0.4, -0.2) is 23.4 Å². The van der Waals surface area contributed by atoms with E-state index in [1.165, 1.54) is 11.6 Å². The highest BCUT2D eigenvalue weighted by molar-refractivity contribution is 5.94.